The number of carbonyl (C=O) groups is 1. The van der Waals surface area contributed by atoms with Gasteiger partial charge in [0.05, 0.1) is 6.42 Å². The van der Waals surface area contributed by atoms with Crippen LogP contribution in [-0.2, 0) is 11.2 Å². The van der Waals surface area contributed by atoms with Gasteiger partial charge in [0, 0.05) is 5.75 Å². The molecule has 15 heavy (non-hydrogen) atoms. The number of rotatable bonds is 4. The van der Waals surface area contributed by atoms with Crippen molar-refractivity contribution in [3.63, 3.8) is 0 Å². The molecule has 4 heteroatoms. The summed E-state index contributed by atoms with van der Waals surface area (Å²) in [6.45, 7) is 0. The summed E-state index contributed by atoms with van der Waals surface area (Å²) in [5, 5.41) is 8.65. The van der Waals surface area contributed by atoms with Gasteiger partial charge in [-0.15, -0.1) is 0 Å². The number of carboxylic acids is 1. The van der Waals surface area contributed by atoms with Crippen molar-refractivity contribution in [1.29, 1.82) is 0 Å². The Labute approximate surface area is 92.8 Å². The van der Waals surface area contributed by atoms with Crippen molar-refractivity contribution in [2.75, 3.05) is 5.75 Å². The van der Waals surface area contributed by atoms with E-state index >= 15 is 0 Å². The average Bonchev–Trinajstić information content (AvgIpc) is 2.18. The molecule has 0 spiro atoms. The molecular weight excluding hydrogens is 215 g/mol. The Morgan fingerprint density at radius 3 is 2.87 bits per heavy atom. The number of carboxylic acid groups (broad SMARTS) is 1. The van der Waals surface area contributed by atoms with Crippen molar-refractivity contribution in [2.24, 2.45) is 0 Å². The molecule has 1 aromatic rings. The first kappa shape index (κ1) is 11.8. The highest BCUT2D eigenvalue weighted by molar-refractivity contribution is 7.80. The number of aliphatic carboxylic acids is 1. The Balaban J connectivity index is 3.02. The topological polar surface area (TPSA) is 37.3 Å². The summed E-state index contributed by atoms with van der Waals surface area (Å²) in [5.74, 6) is -0.770. The summed E-state index contributed by atoms with van der Waals surface area (Å²) in [7, 11) is 0. The van der Waals surface area contributed by atoms with Crippen molar-refractivity contribution in [2.45, 2.75) is 6.42 Å². The lowest BCUT2D eigenvalue weighted by molar-refractivity contribution is -0.136. The molecule has 1 rings (SSSR count). The summed E-state index contributed by atoms with van der Waals surface area (Å²) >= 11 is 3.98. The fraction of sp³-hybridized carbons (Fsp3) is 0.182. The lowest BCUT2D eigenvalue weighted by atomic mass is 10.0. The minimum absolute atomic E-state index is 0.105. The Bertz CT molecular complexity index is 388. The molecule has 0 bridgehead atoms. The van der Waals surface area contributed by atoms with Crippen LogP contribution in [0.2, 0.25) is 0 Å². The SMILES string of the molecule is O=C(O)Cc1ccc(F)cc1C=CCS. The fourth-order valence-electron chi connectivity index (χ4n) is 1.22. The lowest BCUT2D eigenvalue weighted by Crippen LogP contribution is -2.02. The second kappa shape index (κ2) is 5.56. The summed E-state index contributed by atoms with van der Waals surface area (Å²) in [5.41, 5.74) is 1.19. The van der Waals surface area contributed by atoms with Crippen LogP contribution < -0.4 is 0 Å². The van der Waals surface area contributed by atoms with Gasteiger partial charge in [-0.3, -0.25) is 4.79 Å². The predicted molar refractivity (Wildman–Crippen MR) is 60.6 cm³/mol. The van der Waals surface area contributed by atoms with E-state index in [2.05, 4.69) is 12.6 Å². The molecule has 0 unspecified atom stereocenters. The largest absolute Gasteiger partial charge is 0.481 e. The first-order chi connectivity index (χ1) is 7.13. The molecule has 0 heterocycles. The molecule has 0 aliphatic rings. The van der Waals surface area contributed by atoms with Gasteiger partial charge in [0.25, 0.3) is 0 Å². The molecule has 0 fully saturated rings. The molecule has 1 N–H and O–H groups in total. The first-order valence-electron chi connectivity index (χ1n) is 4.41. The highest BCUT2D eigenvalue weighted by Gasteiger charge is 2.05. The Morgan fingerprint density at radius 1 is 1.53 bits per heavy atom. The molecular formula is C11H11FO2S. The molecule has 0 radical (unpaired) electrons. The van der Waals surface area contributed by atoms with E-state index in [4.69, 9.17) is 5.11 Å². The highest BCUT2D eigenvalue weighted by Crippen LogP contribution is 2.14. The van der Waals surface area contributed by atoms with E-state index in [1.165, 1.54) is 18.2 Å². The molecule has 0 atom stereocenters. The van der Waals surface area contributed by atoms with Crippen molar-refractivity contribution in [3.05, 3.63) is 41.2 Å². The van der Waals surface area contributed by atoms with E-state index < -0.39 is 5.97 Å². The van der Waals surface area contributed by atoms with Gasteiger partial charge in [-0.2, -0.15) is 12.6 Å². The van der Waals surface area contributed by atoms with Gasteiger partial charge in [0.15, 0.2) is 0 Å². The van der Waals surface area contributed by atoms with Crippen molar-refractivity contribution < 1.29 is 14.3 Å². The third-order valence-electron chi connectivity index (χ3n) is 1.85. The zero-order valence-corrected chi connectivity index (χ0v) is 8.88. The summed E-state index contributed by atoms with van der Waals surface area (Å²) in [6.07, 6.45) is 3.31. The maximum Gasteiger partial charge on any atom is 0.307 e. The van der Waals surface area contributed by atoms with Crippen LogP contribution in [0.5, 0.6) is 0 Å². The van der Waals surface area contributed by atoms with Crippen LogP contribution in [0.4, 0.5) is 4.39 Å². The van der Waals surface area contributed by atoms with E-state index in [1.54, 1.807) is 12.2 Å². The van der Waals surface area contributed by atoms with E-state index in [0.29, 0.717) is 16.9 Å². The van der Waals surface area contributed by atoms with E-state index in [9.17, 15) is 9.18 Å². The van der Waals surface area contributed by atoms with Crippen molar-refractivity contribution >= 4 is 24.7 Å². The van der Waals surface area contributed by atoms with Crippen LogP contribution in [-0.4, -0.2) is 16.8 Å². The smallest absolute Gasteiger partial charge is 0.307 e. The lowest BCUT2D eigenvalue weighted by Gasteiger charge is -2.03. The number of hydrogen-bond donors (Lipinski definition) is 2. The third kappa shape index (κ3) is 3.75. The molecule has 1 aromatic carbocycles. The Kier molecular flexibility index (Phi) is 4.37. The molecule has 80 valence electrons. The van der Waals surface area contributed by atoms with Crippen LogP contribution in [0.1, 0.15) is 11.1 Å². The van der Waals surface area contributed by atoms with Gasteiger partial charge >= 0.3 is 5.97 Å². The monoisotopic (exact) mass is 226 g/mol. The quantitative estimate of drug-likeness (QED) is 0.773. The van der Waals surface area contributed by atoms with Crippen LogP contribution in [0.15, 0.2) is 24.3 Å². The molecule has 0 saturated heterocycles. The standard InChI is InChI=1S/C11H11FO2S/c12-10-4-3-9(7-11(13)14)8(6-10)2-1-5-15/h1-4,6,15H,5,7H2,(H,13,14). The van der Waals surface area contributed by atoms with Gasteiger partial charge in [-0.05, 0) is 23.3 Å². The van der Waals surface area contributed by atoms with E-state index in [1.807, 2.05) is 0 Å². The van der Waals surface area contributed by atoms with Gasteiger partial charge < -0.3 is 5.11 Å². The van der Waals surface area contributed by atoms with Crippen LogP contribution in [0.3, 0.4) is 0 Å². The minimum atomic E-state index is -0.929. The molecule has 0 amide bonds. The summed E-state index contributed by atoms with van der Waals surface area (Å²) < 4.78 is 12.9. The minimum Gasteiger partial charge on any atom is -0.481 e. The molecule has 0 aliphatic heterocycles. The number of benzene rings is 1. The van der Waals surface area contributed by atoms with Gasteiger partial charge in [0.1, 0.15) is 5.82 Å². The summed E-state index contributed by atoms with van der Waals surface area (Å²) in [4.78, 5) is 10.5. The van der Waals surface area contributed by atoms with Crippen LogP contribution in [0.25, 0.3) is 6.08 Å². The molecule has 0 saturated carbocycles. The van der Waals surface area contributed by atoms with Gasteiger partial charge in [0.2, 0.25) is 0 Å². The van der Waals surface area contributed by atoms with Gasteiger partial charge in [-0.1, -0.05) is 18.2 Å². The third-order valence-corrected chi connectivity index (χ3v) is 2.06. The van der Waals surface area contributed by atoms with E-state index in [-0.39, 0.29) is 12.2 Å². The maximum atomic E-state index is 12.9. The maximum absolute atomic E-state index is 12.9. The highest BCUT2D eigenvalue weighted by atomic mass is 32.1. The van der Waals surface area contributed by atoms with Crippen molar-refractivity contribution in [3.8, 4) is 0 Å². The Morgan fingerprint density at radius 2 is 2.27 bits per heavy atom. The van der Waals surface area contributed by atoms with Crippen LogP contribution >= 0.6 is 12.6 Å². The number of thiol groups is 1. The van der Waals surface area contributed by atoms with Crippen LogP contribution in [0, 0.1) is 5.82 Å². The zero-order valence-electron chi connectivity index (χ0n) is 7.98. The van der Waals surface area contributed by atoms with E-state index in [0.717, 1.165) is 0 Å². The fourth-order valence-corrected chi connectivity index (χ4v) is 1.33. The Hall–Kier alpha value is -1.29. The second-order valence-corrected chi connectivity index (χ2v) is 3.36. The summed E-state index contributed by atoms with van der Waals surface area (Å²) in [6, 6.07) is 4.07. The number of hydrogen-bond acceptors (Lipinski definition) is 2. The normalized spacial score (nSPS) is 10.8. The average molecular weight is 226 g/mol. The zero-order chi connectivity index (χ0) is 11.3. The molecule has 2 nitrogen and oxygen atoms in total. The number of halogens is 1. The first-order valence-corrected chi connectivity index (χ1v) is 5.04. The molecule has 0 aliphatic carbocycles. The molecule has 0 aromatic heterocycles. The van der Waals surface area contributed by atoms with Crippen molar-refractivity contribution in [1.82, 2.24) is 0 Å². The van der Waals surface area contributed by atoms with Gasteiger partial charge in [-0.25, -0.2) is 4.39 Å². The predicted octanol–water partition coefficient (Wildman–Crippen LogP) is 2.40. The second-order valence-electron chi connectivity index (χ2n) is 3.00.